The van der Waals surface area contributed by atoms with Crippen molar-refractivity contribution in [2.24, 2.45) is 5.73 Å². The van der Waals surface area contributed by atoms with Gasteiger partial charge in [-0.05, 0) is 18.4 Å². The molecule has 6 N–H and O–H groups in total. The quantitative estimate of drug-likeness (QED) is 0.236. The molecule has 0 aliphatic carbocycles. The first-order chi connectivity index (χ1) is 14.8. The molecule has 1 aromatic rings. The minimum absolute atomic E-state index is 0.0479. The van der Waals surface area contributed by atoms with E-state index in [0.717, 1.165) is 5.56 Å². The Labute approximate surface area is 185 Å². The Kier molecular flexibility index (Phi) is 9.28. The summed E-state index contributed by atoms with van der Waals surface area (Å²) in [5.74, 6) is -3.02. The topological polar surface area (TPSA) is 162 Å². The van der Waals surface area contributed by atoms with Gasteiger partial charge in [-0.25, -0.2) is 4.79 Å². The first-order valence-electron chi connectivity index (χ1n) is 9.93. The Morgan fingerprint density at radius 2 is 1.77 bits per heavy atom. The summed E-state index contributed by atoms with van der Waals surface area (Å²) in [6.45, 7) is -0.432. The van der Waals surface area contributed by atoms with Crippen LogP contribution in [0, 0.1) is 0 Å². The van der Waals surface area contributed by atoms with Crippen LogP contribution in [-0.4, -0.2) is 81.9 Å². The molecule has 0 radical (unpaired) electrons. The molecular weight excluding hydrogens is 424 g/mol. The van der Waals surface area contributed by atoms with Crippen molar-refractivity contribution in [2.45, 2.75) is 43.4 Å². The molecule has 0 spiro atoms. The lowest BCUT2D eigenvalue weighted by Gasteiger charge is -2.28. The van der Waals surface area contributed by atoms with Crippen LogP contribution < -0.4 is 16.4 Å². The lowest BCUT2D eigenvalue weighted by molar-refractivity contribution is -0.149. The van der Waals surface area contributed by atoms with Crippen LogP contribution in [-0.2, 0) is 25.6 Å². The van der Waals surface area contributed by atoms with Gasteiger partial charge in [-0.3, -0.25) is 14.4 Å². The highest BCUT2D eigenvalue weighted by molar-refractivity contribution is 7.80. The maximum atomic E-state index is 13.2. The molecule has 0 bridgehead atoms. The maximum absolute atomic E-state index is 13.2. The minimum Gasteiger partial charge on any atom is -0.480 e. The summed E-state index contributed by atoms with van der Waals surface area (Å²) in [5.41, 5.74) is 6.34. The highest BCUT2D eigenvalue weighted by atomic mass is 32.1. The van der Waals surface area contributed by atoms with E-state index in [1.807, 2.05) is 6.07 Å². The molecule has 4 atom stereocenters. The van der Waals surface area contributed by atoms with Gasteiger partial charge in [-0.1, -0.05) is 30.3 Å². The molecule has 170 valence electrons. The van der Waals surface area contributed by atoms with Crippen molar-refractivity contribution in [3.63, 3.8) is 0 Å². The third-order valence-corrected chi connectivity index (χ3v) is 5.46. The molecule has 4 unspecified atom stereocenters. The number of hydrogen-bond acceptors (Lipinski definition) is 7. The summed E-state index contributed by atoms with van der Waals surface area (Å²) < 4.78 is 0. The lowest BCUT2D eigenvalue weighted by Crippen LogP contribution is -2.58. The fraction of sp³-hybridized carbons (Fsp3) is 0.500. The fourth-order valence-electron chi connectivity index (χ4n) is 3.37. The normalized spacial score (nSPS) is 18.7. The van der Waals surface area contributed by atoms with Gasteiger partial charge in [0.1, 0.15) is 18.1 Å². The van der Waals surface area contributed by atoms with Crippen molar-refractivity contribution in [2.75, 3.05) is 18.9 Å². The highest BCUT2D eigenvalue weighted by Gasteiger charge is 2.38. The fourth-order valence-corrected chi connectivity index (χ4v) is 3.53. The van der Waals surface area contributed by atoms with Crippen LogP contribution >= 0.6 is 12.6 Å². The number of nitrogens with one attached hydrogen (secondary N) is 2. The summed E-state index contributed by atoms with van der Waals surface area (Å²) in [6.07, 6.45) is 1.01. The van der Waals surface area contributed by atoms with E-state index >= 15 is 0 Å². The second kappa shape index (κ2) is 11.7. The number of nitrogens with zero attached hydrogens (tertiary/aromatic N) is 1. The van der Waals surface area contributed by atoms with Gasteiger partial charge in [-0.15, -0.1) is 0 Å². The molecule has 0 aromatic heterocycles. The average Bonchev–Trinajstić information content (AvgIpc) is 3.26. The summed E-state index contributed by atoms with van der Waals surface area (Å²) in [5, 5.41) is 23.9. The number of aliphatic hydroxyl groups excluding tert-OH is 1. The average molecular weight is 453 g/mol. The van der Waals surface area contributed by atoms with E-state index in [4.69, 9.17) is 5.73 Å². The molecule has 11 heteroatoms. The van der Waals surface area contributed by atoms with Crippen molar-refractivity contribution in [3.8, 4) is 0 Å². The Balaban J connectivity index is 2.19. The van der Waals surface area contributed by atoms with E-state index in [1.54, 1.807) is 24.3 Å². The van der Waals surface area contributed by atoms with Gasteiger partial charge < -0.3 is 31.5 Å². The van der Waals surface area contributed by atoms with Crippen molar-refractivity contribution in [1.29, 1.82) is 0 Å². The molecule has 1 aliphatic heterocycles. The molecule has 0 saturated carbocycles. The van der Waals surface area contributed by atoms with E-state index in [0.29, 0.717) is 12.8 Å². The highest BCUT2D eigenvalue weighted by Crippen LogP contribution is 2.19. The number of carboxylic acid groups (broad SMARTS) is 1. The number of hydrogen-bond donors (Lipinski definition) is 6. The molecule has 1 heterocycles. The first-order valence-corrected chi connectivity index (χ1v) is 10.6. The third-order valence-electron chi connectivity index (χ3n) is 5.07. The van der Waals surface area contributed by atoms with Gasteiger partial charge >= 0.3 is 5.97 Å². The van der Waals surface area contributed by atoms with Crippen LogP contribution in [0.4, 0.5) is 0 Å². The first kappa shape index (κ1) is 24.6. The molecule has 10 nitrogen and oxygen atoms in total. The lowest BCUT2D eigenvalue weighted by atomic mass is 10.0. The Morgan fingerprint density at radius 3 is 2.35 bits per heavy atom. The molecule has 1 fully saturated rings. The Morgan fingerprint density at radius 1 is 1.13 bits per heavy atom. The number of amides is 3. The number of thiol groups is 1. The second-order valence-electron chi connectivity index (χ2n) is 7.31. The molecule has 31 heavy (non-hydrogen) atoms. The van der Waals surface area contributed by atoms with Crippen LogP contribution in [0.25, 0.3) is 0 Å². The number of rotatable bonds is 10. The zero-order chi connectivity index (χ0) is 23.0. The number of aliphatic hydroxyl groups is 1. The zero-order valence-corrected chi connectivity index (χ0v) is 17.8. The number of carbonyl (C=O) groups excluding carboxylic acids is 3. The van der Waals surface area contributed by atoms with Crippen molar-refractivity contribution in [1.82, 2.24) is 15.5 Å². The Bertz CT molecular complexity index is 793. The number of aliphatic carboxylic acids is 1. The van der Waals surface area contributed by atoms with Gasteiger partial charge in [-0.2, -0.15) is 12.6 Å². The molecule has 3 amide bonds. The summed E-state index contributed by atoms with van der Waals surface area (Å²) in [4.78, 5) is 50.6. The molecule has 1 saturated heterocycles. The smallest absolute Gasteiger partial charge is 0.326 e. The maximum Gasteiger partial charge on any atom is 0.326 e. The van der Waals surface area contributed by atoms with Crippen molar-refractivity contribution >= 4 is 36.3 Å². The van der Waals surface area contributed by atoms with E-state index in [1.165, 1.54) is 4.90 Å². The number of nitrogens with two attached hydrogens (primary N) is 1. The van der Waals surface area contributed by atoms with Gasteiger partial charge in [0.2, 0.25) is 17.7 Å². The molecule has 1 aliphatic rings. The van der Waals surface area contributed by atoms with E-state index in [9.17, 15) is 29.4 Å². The summed E-state index contributed by atoms with van der Waals surface area (Å²) in [7, 11) is 0. The van der Waals surface area contributed by atoms with E-state index < -0.39 is 54.5 Å². The van der Waals surface area contributed by atoms with Crippen molar-refractivity contribution in [3.05, 3.63) is 35.9 Å². The van der Waals surface area contributed by atoms with Crippen molar-refractivity contribution < 1.29 is 29.4 Å². The standard InChI is InChI=1S/C20H28N4O6S/c21-13(11-31)17(26)23-15(10-25)18(27)22-14(9-12-5-2-1-3-6-12)19(28)24-8-4-7-16(24)20(29)30/h1-3,5-6,13-16,25,31H,4,7-11,21H2,(H,22,27)(H,23,26)(H,29,30). The van der Waals surface area contributed by atoms with Crippen LogP contribution in [0.3, 0.4) is 0 Å². The van der Waals surface area contributed by atoms with Crippen LogP contribution in [0.2, 0.25) is 0 Å². The minimum atomic E-state index is -1.32. The van der Waals surface area contributed by atoms with Gasteiger partial charge in [0, 0.05) is 18.7 Å². The van der Waals surface area contributed by atoms with Crippen LogP contribution in [0.5, 0.6) is 0 Å². The molecular formula is C20H28N4O6S. The second-order valence-corrected chi connectivity index (χ2v) is 7.68. The number of carboxylic acids is 1. The molecule has 1 aromatic carbocycles. The van der Waals surface area contributed by atoms with Gasteiger partial charge in [0.25, 0.3) is 0 Å². The largest absolute Gasteiger partial charge is 0.480 e. The van der Waals surface area contributed by atoms with E-state index in [-0.39, 0.29) is 18.7 Å². The predicted octanol–water partition coefficient (Wildman–Crippen LogP) is -1.48. The zero-order valence-electron chi connectivity index (χ0n) is 16.9. The van der Waals surface area contributed by atoms with Gasteiger partial charge in [0.15, 0.2) is 0 Å². The Hall–Kier alpha value is -2.63. The number of carbonyl (C=O) groups is 4. The SMILES string of the molecule is NC(CS)C(=O)NC(CO)C(=O)NC(Cc1ccccc1)C(=O)N1CCCC1C(=O)O. The number of likely N-dealkylation sites (tertiary alicyclic amines) is 1. The predicted molar refractivity (Wildman–Crippen MR) is 115 cm³/mol. The molecule has 2 rings (SSSR count). The third kappa shape index (κ3) is 6.68. The number of benzene rings is 1. The van der Waals surface area contributed by atoms with E-state index in [2.05, 4.69) is 23.3 Å². The van der Waals surface area contributed by atoms with Gasteiger partial charge in [0.05, 0.1) is 12.6 Å². The summed E-state index contributed by atoms with van der Waals surface area (Å²) in [6, 6.07) is 4.62. The summed E-state index contributed by atoms with van der Waals surface area (Å²) >= 11 is 3.92. The monoisotopic (exact) mass is 452 g/mol. The van der Waals surface area contributed by atoms with Crippen LogP contribution in [0.15, 0.2) is 30.3 Å². The van der Waals surface area contributed by atoms with Crippen LogP contribution in [0.1, 0.15) is 18.4 Å².